The van der Waals surface area contributed by atoms with Crippen LogP contribution in [-0.2, 0) is 14.3 Å². The van der Waals surface area contributed by atoms with E-state index in [0.29, 0.717) is 45.8 Å². The van der Waals surface area contributed by atoms with Crippen LogP contribution in [0.2, 0.25) is 0 Å². The van der Waals surface area contributed by atoms with Gasteiger partial charge in [0.15, 0.2) is 0 Å². The lowest BCUT2D eigenvalue weighted by molar-refractivity contribution is -0.147. The van der Waals surface area contributed by atoms with E-state index in [1.165, 1.54) is 4.90 Å². The summed E-state index contributed by atoms with van der Waals surface area (Å²) in [6.07, 6.45) is 1.04. The molecule has 2 rings (SSSR count). The molecule has 2 unspecified atom stereocenters. The Kier molecular flexibility index (Phi) is 4.26. The first-order valence-corrected chi connectivity index (χ1v) is 6.52. The van der Waals surface area contributed by atoms with Gasteiger partial charge < -0.3 is 24.8 Å². The van der Waals surface area contributed by atoms with Crippen molar-refractivity contribution in [1.29, 1.82) is 0 Å². The normalized spacial score (nSPS) is 31.2. The Morgan fingerprint density at radius 2 is 2.26 bits per heavy atom. The molecule has 7 nitrogen and oxygen atoms in total. The van der Waals surface area contributed by atoms with E-state index in [2.05, 4.69) is 5.32 Å². The zero-order valence-corrected chi connectivity index (χ0v) is 11.1. The number of nitrogens with one attached hydrogen (secondary N) is 1. The second-order valence-electron chi connectivity index (χ2n) is 5.09. The maximum Gasteiger partial charge on any atom is 0.329 e. The SMILES string of the molecule is CC1(C(=O)O)CCCN1C(=O)NCC1COCCO1. The fraction of sp³-hybridized carbons (Fsp3) is 0.833. The Labute approximate surface area is 111 Å². The van der Waals surface area contributed by atoms with Crippen LogP contribution in [0.15, 0.2) is 0 Å². The van der Waals surface area contributed by atoms with Crippen molar-refractivity contribution in [2.24, 2.45) is 0 Å². The summed E-state index contributed by atoms with van der Waals surface area (Å²) in [5, 5.41) is 12.0. The van der Waals surface area contributed by atoms with Gasteiger partial charge in [0.1, 0.15) is 5.54 Å². The molecule has 2 fully saturated rings. The first-order valence-electron chi connectivity index (χ1n) is 6.52. The Bertz CT molecular complexity index is 356. The number of likely N-dealkylation sites (tertiary alicyclic amines) is 1. The van der Waals surface area contributed by atoms with Crippen molar-refractivity contribution in [2.75, 3.05) is 32.9 Å². The Hall–Kier alpha value is -1.34. The fourth-order valence-electron chi connectivity index (χ4n) is 2.46. The number of rotatable bonds is 3. The van der Waals surface area contributed by atoms with Crippen molar-refractivity contribution in [3.05, 3.63) is 0 Å². The predicted octanol–water partition coefficient (Wildman–Crippen LogP) is 0.0505. The van der Waals surface area contributed by atoms with E-state index in [0.717, 1.165) is 0 Å². The summed E-state index contributed by atoms with van der Waals surface area (Å²) in [4.78, 5) is 24.7. The molecule has 0 spiro atoms. The highest BCUT2D eigenvalue weighted by atomic mass is 16.6. The van der Waals surface area contributed by atoms with Gasteiger partial charge in [0.25, 0.3) is 0 Å². The van der Waals surface area contributed by atoms with Crippen molar-refractivity contribution in [3.8, 4) is 0 Å². The summed E-state index contributed by atoms with van der Waals surface area (Å²) < 4.78 is 10.7. The molecule has 0 bridgehead atoms. The Balaban J connectivity index is 1.87. The number of aliphatic carboxylic acids is 1. The van der Waals surface area contributed by atoms with Crippen molar-refractivity contribution in [2.45, 2.75) is 31.4 Å². The number of urea groups is 1. The molecule has 2 saturated heterocycles. The van der Waals surface area contributed by atoms with Crippen LogP contribution < -0.4 is 5.32 Å². The van der Waals surface area contributed by atoms with Crippen LogP contribution in [0.5, 0.6) is 0 Å². The quantitative estimate of drug-likeness (QED) is 0.758. The molecule has 0 aromatic rings. The molecule has 0 aromatic carbocycles. The van der Waals surface area contributed by atoms with E-state index in [-0.39, 0.29) is 12.1 Å². The zero-order chi connectivity index (χ0) is 13.9. The van der Waals surface area contributed by atoms with E-state index in [1.807, 2.05) is 0 Å². The minimum atomic E-state index is -1.10. The summed E-state index contributed by atoms with van der Waals surface area (Å²) in [6, 6.07) is -0.350. The van der Waals surface area contributed by atoms with Gasteiger partial charge in [0.05, 0.1) is 25.9 Å². The van der Waals surface area contributed by atoms with Crippen LogP contribution in [0.4, 0.5) is 4.79 Å². The maximum atomic E-state index is 12.1. The van der Waals surface area contributed by atoms with Gasteiger partial charge >= 0.3 is 12.0 Å². The van der Waals surface area contributed by atoms with E-state index >= 15 is 0 Å². The van der Waals surface area contributed by atoms with Crippen LogP contribution in [0.3, 0.4) is 0 Å². The molecule has 108 valence electrons. The molecule has 0 aliphatic carbocycles. The van der Waals surface area contributed by atoms with Gasteiger partial charge in [-0.3, -0.25) is 0 Å². The van der Waals surface area contributed by atoms with Crippen LogP contribution in [-0.4, -0.2) is 66.6 Å². The summed E-state index contributed by atoms with van der Waals surface area (Å²) in [7, 11) is 0. The summed E-state index contributed by atoms with van der Waals surface area (Å²) >= 11 is 0. The molecule has 2 aliphatic heterocycles. The molecule has 2 aliphatic rings. The Morgan fingerprint density at radius 1 is 1.47 bits per heavy atom. The summed E-state index contributed by atoms with van der Waals surface area (Å²) in [5.41, 5.74) is -1.10. The Morgan fingerprint density at radius 3 is 2.89 bits per heavy atom. The first kappa shape index (κ1) is 14.1. The van der Waals surface area contributed by atoms with E-state index in [4.69, 9.17) is 9.47 Å². The smallest absolute Gasteiger partial charge is 0.329 e. The van der Waals surface area contributed by atoms with Crippen LogP contribution in [0.25, 0.3) is 0 Å². The molecular weight excluding hydrogens is 252 g/mol. The lowest BCUT2D eigenvalue weighted by Crippen LogP contribution is -2.55. The number of carbonyl (C=O) groups excluding carboxylic acids is 1. The molecule has 0 radical (unpaired) electrons. The topological polar surface area (TPSA) is 88.1 Å². The molecule has 2 amide bonds. The second-order valence-corrected chi connectivity index (χ2v) is 5.09. The van der Waals surface area contributed by atoms with Gasteiger partial charge in [-0.2, -0.15) is 0 Å². The number of nitrogens with zero attached hydrogens (tertiary/aromatic N) is 1. The number of hydrogen-bond acceptors (Lipinski definition) is 4. The number of hydrogen-bond donors (Lipinski definition) is 2. The molecule has 2 atom stereocenters. The third-order valence-electron chi connectivity index (χ3n) is 3.71. The third-order valence-corrected chi connectivity index (χ3v) is 3.71. The number of carboxylic acids is 1. The van der Waals surface area contributed by atoms with Crippen molar-refractivity contribution in [1.82, 2.24) is 10.2 Å². The van der Waals surface area contributed by atoms with Gasteiger partial charge in [0.2, 0.25) is 0 Å². The highest BCUT2D eigenvalue weighted by Gasteiger charge is 2.46. The first-order chi connectivity index (χ1) is 9.04. The average Bonchev–Trinajstić information content (AvgIpc) is 2.81. The molecule has 7 heteroatoms. The minimum absolute atomic E-state index is 0.156. The van der Waals surface area contributed by atoms with E-state index in [1.54, 1.807) is 6.92 Å². The van der Waals surface area contributed by atoms with E-state index < -0.39 is 11.5 Å². The van der Waals surface area contributed by atoms with Gasteiger partial charge in [-0.1, -0.05) is 0 Å². The molecule has 19 heavy (non-hydrogen) atoms. The number of carboxylic acid groups (broad SMARTS) is 1. The lowest BCUT2D eigenvalue weighted by Gasteiger charge is -2.32. The van der Waals surface area contributed by atoms with Gasteiger partial charge in [-0.25, -0.2) is 9.59 Å². The monoisotopic (exact) mass is 272 g/mol. The van der Waals surface area contributed by atoms with Gasteiger partial charge in [0, 0.05) is 13.1 Å². The largest absolute Gasteiger partial charge is 0.480 e. The number of amides is 2. The van der Waals surface area contributed by atoms with Gasteiger partial charge in [-0.15, -0.1) is 0 Å². The minimum Gasteiger partial charge on any atom is -0.480 e. The van der Waals surface area contributed by atoms with E-state index in [9.17, 15) is 14.7 Å². The predicted molar refractivity (Wildman–Crippen MR) is 65.9 cm³/mol. The van der Waals surface area contributed by atoms with Crippen molar-refractivity contribution >= 4 is 12.0 Å². The highest BCUT2D eigenvalue weighted by Crippen LogP contribution is 2.29. The van der Waals surface area contributed by atoms with Crippen molar-refractivity contribution in [3.63, 3.8) is 0 Å². The third kappa shape index (κ3) is 2.98. The molecule has 2 N–H and O–H groups in total. The summed E-state index contributed by atoms with van der Waals surface area (Å²) in [5.74, 6) is -0.961. The molecule has 0 saturated carbocycles. The molecule has 0 aromatic heterocycles. The second kappa shape index (κ2) is 5.75. The lowest BCUT2D eigenvalue weighted by atomic mass is 10.00. The standard InChI is InChI=1S/C12H20N2O5/c1-12(10(15)16)3-2-4-14(12)11(17)13-7-9-8-18-5-6-19-9/h9H,2-8H2,1H3,(H,13,17)(H,15,16). The summed E-state index contributed by atoms with van der Waals surface area (Å²) in [6.45, 7) is 3.95. The molecular formula is C12H20N2O5. The van der Waals surface area contributed by atoms with Crippen LogP contribution >= 0.6 is 0 Å². The fourth-order valence-corrected chi connectivity index (χ4v) is 2.46. The van der Waals surface area contributed by atoms with Gasteiger partial charge in [-0.05, 0) is 19.8 Å². The average molecular weight is 272 g/mol. The zero-order valence-electron chi connectivity index (χ0n) is 11.1. The molecule has 2 heterocycles. The maximum absolute atomic E-state index is 12.1. The number of carbonyl (C=O) groups is 2. The van der Waals surface area contributed by atoms with Crippen LogP contribution in [0.1, 0.15) is 19.8 Å². The number of ether oxygens (including phenoxy) is 2. The van der Waals surface area contributed by atoms with Crippen molar-refractivity contribution < 1.29 is 24.2 Å². The van der Waals surface area contributed by atoms with Crippen LogP contribution in [0, 0.1) is 0 Å². The highest BCUT2D eigenvalue weighted by molar-refractivity contribution is 5.86.